The Morgan fingerprint density at radius 2 is 2.05 bits per heavy atom. The molecular formula is C16H19ClN2O2. The van der Waals surface area contributed by atoms with Gasteiger partial charge < -0.3 is 14.6 Å². The molecule has 1 amide bonds. The van der Waals surface area contributed by atoms with E-state index in [-0.39, 0.29) is 11.9 Å². The first kappa shape index (κ1) is 15.6. The van der Waals surface area contributed by atoms with Gasteiger partial charge in [-0.25, -0.2) is 0 Å². The zero-order valence-corrected chi connectivity index (χ0v) is 13.1. The summed E-state index contributed by atoms with van der Waals surface area (Å²) in [5, 5.41) is 3.63. The smallest absolute Gasteiger partial charge is 0.254 e. The lowest BCUT2D eigenvalue weighted by Gasteiger charge is -2.25. The summed E-state index contributed by atoms with van der Waals surface area (Å²) in [5.74, 6) is 0.479. The van der Waals surface area contributed by atoms with Gasteiger partial charge >= 0.3 is 0 Å². The SMILES string of the molecule is Cc1occc1C(=O)NCC(c1ccccc1Cl)N(C)C. The molecule has 4 nitrogen and oxygen atoms in total. The normalized spacial score (nSPS) is 12.4. The first-order valence-electron chi connectivity index (χ1n) is 6.74. The maximum Gasteiger partial charge on any atom is 0.254 e. The van der Waals surface area contributed by atoms with Crippen molar-refractivity contribution < 1.29 is 9.21 Å². The van der Waals surface area contributed by atoms with Gasteiger partial charge in [-0.15, -0.1) is 0 Å². The van der Waals surface area contributed by atoms with E-state index >= 15 is 0 Å². The fraction of sp³-hybridized carbons (Fsp3) is 0.312. The van der Waals surface area contributed by atoms with Crippen LogP contribution in [0.1, 0.15) is 27.7 Å². The second kappa shape index (κ2) is 6.78. The van der Waals surface area contributed by atoms with Crippen molar-refractivity contribution in [2.24, 2.45) is 0 Å². The summed E-state index contributed by atoms with van der Waals surface area (Å²) < 4.78 is 5.15. The maximum atomic E-state index is 12.1. The number of aryl methyl sites for hydroxylation is 1. The van der Waals surface area contributed by atoms with Crippen molar-refractivity contribution in [3.63, 3.8) is 0 Å². The Morgan fingerprint density at radius 3 is 2.62 bits per heavy atom. The quantitative estimate of drug-likeness (QED) is 0.922. The van der Waals surface area contributed by atoms with Crippen LogP contribution in [-0.2, 0) is 0 Å². The van der Waals surface area contributed by atoms with E-state index in [0.717, 1.165) is 5.56 Å². The number of furan rings is 1. The number of likely N-dealkylation sites (N-methyl/N-ethyl adjacent to an activating group) is 1. The van der Waals surface area contributed by atoms with Crippen LogP contribution in [0.25, 0.3) is 0 Å². The van der Waals surface area contributed by atoms with Gasteiger partial charge in [-0.1, -0.05) is 29.8 Å². The van der Waals surface area contributed by atoms with Crippen molar-refractivity contribution in [3.8, 4) is 0 Å². The molecule has 21 heavy (non-hydrogen) atoms. The number of nitrogens with one attached hydrogen (secondary N) is 1. The largest absolute Gasteiger partial charge is 0.469 e. The van der Waals surface area contributed by atoms with Crippen molar-refractivity contribution in [3.05, 3.63) is 58.5 Å². The van der Waals surface area contributed by atoms with Crippen molar-refractivity contribution in [2.45, 2.75) is 13.0 Å². The van der Waals surface area contributed by atoms with Crippen molar-refractivity contribution >= 4 is 17.5 Å². The van der Waals surface area contributed by atoms with Crippen LogP contribution in [0.2, 0.25) is 5.02 Å². The Labute approximate surface area is 129 Å². The van der Waals surface area contributed by atoms with Gasteiger partial charge in [0.15, 0.2) is 0 Å². The molecule has 0 bridgehead atoms. The van der Waals surface area contributed by atoms with Crippen LogP contribution in [0.4, 0.5) is 0 Å². The molecule has 1 aromatic heterocycles. The van der Waals surface area contributed by atoms with Crippen LogP contribution in [0.15, 0.2) is 41.0 Å². The lowest BCUT2D eigenvalue weighted by molar-refractivity contribution is 0.0940. The van der Waals surface area contributed by atoms with Crippen LogP contribution < -0.4 is 5.32 Å². The van der Waals surface area contributed by atoms with E-state index < -0.39 is 0 Å². The minimum Gasteiger partial charge on any atom is -0.469 e. The molecule has 0 radical (unpaired) electrons. The molecular weight excluding hydrogens is 288 g/mol. The average molecular weight is 307 g/mol. The molecule has 0 aliphatic carbocycles. The standard InChI is InChI=1S/C16H19ClN2O2/c1-11-12(8-9-21-11)16(20)18-10-15(19(2)3)13-6-4-5-7-14(13)17/h4-9,15H,10H2,1-3H3,(H,18,20). The van der Waals surface area contributed by atoms with Gasteiger partial charge in [0.2, 0.25) is 0 Å². The molecule has 5 heteroatoms. The van der Waals surface area contributed by atoms with Gasteiger partial charge in [0.05, 0.1) is 17.9 Å². The van der Waals surface area contributed by atoms with Crippen molar-refractivity contribution in [2.75, 3.05) is 20.6 Å². The Balaban J connectivity index is 2.10. The summed E-state index contributed by atoms with van der Waals surface area (Å²) >= 11 is 6.25. The van der Waals surface area contributed by atoms with Crippen LogP contribution in [0, 0.1) is 6.92 Å². The molecule has 1 unspecified atom stereocenters. The maximum absolute atomic E-state index is 12.1. The van der Waals surface area contributed by atoms with Crippen LogP contribution in [0.5, 0.6) is 0 Å². The summed E-state index contributed by atoms with van der Waals surface area (Å²) in [7, 11) is 3.92. The van der Waals surface area contributed by atoms with E-state index in [0.29, 0.717) is 22.9 Å². The molecule has 2 aromatic rings. The summed E-state index contributed by atoms with van der Waals surface area (Å²) in [4.78, 5) is 14.2. The number of hydrogen-bond acceptors (Lipinski definition) is 3. The highest BCUT2D eigenvalue weighted by atomic mass is 35.5. The second-order valence-electron chi connectivity index (χ2n) is 5.10. The molecule has 112 valence electrons. The van der Waals surface area contributed by atoms with E-state index in [9.17, 15) is 4.79 Å². The highest BCUT2D eigenvalue weighted by molar-refractivity contribution is 6.31. The van der Waals surface area contributed by atoms with Crippen LogP contribution in [-0.4, -0.2) is 31.4 Å². The Morgan fingerprint density at radius 1 is 1.33 bits per heavy atom. The molecule has 1 aromatic carbocycles. The lowest BCUT2D eigenvalue weighted by atomic mass is 10.1. The molecule has 0 saturated carbocycles. The number of carbonyl (C=O) groups is 1. The van der Waals surface area contributed by atoms with E-state index in [1.807, 2.05) is 43.3 Å². The highest BCUT2D eigenvalue weighted by Gasteiger charge is 2.19. The van der Waals surface area contributed by atoms with Crippen LogP contribution >= 0.6 is 11.6 Å². The lowest BCUT2D eigenvalue weighted by Crippen LogP contribution is -2.34. The van der Waals surface area contributed by atoms with Gasteiger partial charge in [-0.05, 0) is 38.7 Å². The number of benzene rings is 1. The third kappa shape index (κ3) is 3.65. The summed E-state index contributed by atoms with van der Waals surface area (Å²) in [5.41, 5.74) is 1.56. The fourth-order valence-electron chi connectivity index (χ4n) is 2.22. The van der Waals surface area contributed by atoms with E-state index in [2.05, 4.69) is 5.32 Å². The molecule has 1 heterocycles. The first-order valence-corrected chi connectivity index (χ1v) is 7.11. The Hall–Kier alpha value is -1.78. The topological polar surface area (TPSA) is 45.5 Å². The molecule has 2 rings (SSSR count). The molecule has 1 N–H and O–H groups in total. The number of rotatable bonds is 5. The predicted octanol–water partition coefficient (Wildman–Crippen LogP) is 3.27. The Kier molecular flexibility index (Phi) is 5.04. The van der Waals surface area contributed by atoms with Gasteiger partial charge in [-0.3, -0.25) is 4.79 Å². The van der Waals surface area contributed by atoms with Gasteiger partial charge in [0, 0.05) is 11.6 Å². The molecule has 1 atom stereocenters. The third-order valence-electron chi connectivity index (χ3n) is 3.45. The van der Waals surface area contributed by atoms with Crippen LogP contribution in [0.3, 0.4) is 0 Å². The molecule has 0 saturated heterocycles. The zero-order chi connectivity index (χ0) is 15.4. The van der Waals surface area contributed by atoms with Gasteiger partial charge in [0.25, 0.3) is 5.91 Å². The highest BCUT2D eigenvalue weighted by Crippen LogP contribution is 2.25. The number of amides is 1. The van der Waals surface area contributed by atoms with Gasteiger partial charge in [-0.2, -0.15) is 0 Å². The average Bonchev–Trinajstić information content (AvgIpc) is 2.86. The molecule has 0 spiro atoms. The first-order chi connectivity index (χ1) is 10.0. The minimum absolute atomic E-state index is 0.00913. The molecule has 0 aliphatic rings. The predicted molar refractivity (Wildman–Crippen MR) is 83.7 cm³/mol. The number of nitrogens with zero attached hydrogens (tertiary/aromatic N) is 1. The zero-order valence-electron chi connectivity index (χ0n) is 12.4. The monoisotopic (exact) mass is 306 g/mol. The summed E-state index contributed by atoms with van der Waals surface area (Å²) in [6.07, 6.45) is 1.52. The minimum atomic E-state index is -0.139. The van der Waals surface area contributed by atoms with Crippen molar-refractivity contribution in [1.29, 1.82) is 0 Å². The van der Waals surface area contributed by atoms with E-state index in [4.69, 9.17) is 16.0 Å². The Bertz CT molecular complexity index is 622. The summed E-state index contributed by atoms with van der Waals surface area (Å²) in [6, 6.07) is 9.35. The fourth-order valence-corrected chi connectivity index (χ4v) is 2.48. The molecule has 0 aliphatic heterocycles. The van der Waals surface area contributed by atoms with Crippen molar-refractivity contribution in [1.82, 2.24) is 10.2 Å². The van der Waals surface area contributed by atoms with E-state index in [1.54, 1.807) is 13.0 Å². The number of halogens is 1. The number of hydrogen-bond donors (Lipinski definition) is 1. The van der Waals surface area contributed by atoms with Gasteiger partial charge in [0.1, 0.15) is 5.76 Å². The molecule has 0 fully saturated rings. The summed E-state index contributed by atoms with van der Waals surface area (Å²) in [6.45, 7) is 2.24. The van der Waals surface area contributed by atoms with E-state index in [1.165, 1.54) is 6.26 Å². The third-order valence-corrected chi connectivity index (χ3v) is 3.79. The number of carbonyl (C=O) groups excluding carboxylic acids is 1. The second-order valence-corrected chi connectivity index (χ2v) is 5.51.